The highest BCUT2D eigenvalue weighted by Gasteiger charge is 2.22. The van der Waals surface area contributed by atoms with Gasteiger partial charge in [-0.1, -0.05) is 67.2 Å². The van der Waals surface area contributed by atoms with Gasteiger partial charge in [-0.2, -0.15) is 0 Å². The molecule has 0 saturated heterocycles. The molecule has 1 amide bonds. The lowest BCUT2D eigenvalue weighted by Gasteiger charge is -2.14. The fourth-order valence-corrected chi connectivity index (χ4v) is 3.59. The predicted octanol–water partition coefficient (Wildman–Crippen LogP) is 2.91. The number of benzene rings is 2. The number of rotatable bonds is 8. The number of nitrogen functional groups attached to an aromatic ring is 1. The summed E-state index contributed by atoms with van der Waals surface area (Å²) in [5.74, 6) is 6.12. The van der Waals surface area contributed by atoms with Crippen LogP contribution in [0, 0.1) is 5.82 Å². The van der Waals surface area contributed by atoms with Gasteiger partial charge in [0.1, 0.15) is 5.82 Å². The number of aromatic nitrogens is 3. The van der Waals surface area contributed by atoms with E-state index in [1.54, 1.807) is 18.2 Å². The summed E-state index contributed by atoms with van der Waals surface area (Å²) in [4.78, 5) is 12.5. The second-order valence-corrected chi connectivity index (χ2v) is 7.43. The summed E-state index contributed by atoms with van der Waals surface area (Å²) in [6, 6.07) is 16.2. The van der Waals surface area contributed by atoms with Crippen LogP contribution in [0.4, 0.5) is 4.39 Å². The van der Waals surface area contributed by atoms with Gasteiger partial charge in [0, 0.05) is 13.0 Å². The first-order chi connectivity index (χ1) is 13.6. The monoisotopic (exact) mass is 399 g/mol. The van der Waals surface area contributed by atoms with Crippen molar-refractivity contribution < 1.29 is 9.18 Å². The Morgan fingerprint density at radius 1 is 1.18 bits per heavy atom. The van der Waals surface area contributed by atoms with Crippen molar-refractivity contribution in [3.8, 4) is 0 Å². The fraction of sp³-hybridized carbons (Fsp3) is 0.250. The summed E-state index contributed by atoms with van der Waals surface area (Å²) in [6.45, 7) is 2.39. The minimum Gasteiger partial charge on any atom is -0.351 e. The lowest BCUT2D eigenvalue weighted by Crippen LogP contribution is -2.32. The second-order valence-electron chi connectivity index (χ2n) is 6.26. The molecule has 3 rings (SSSR count). The van der Waals surface area contributed by atoms with Crippen LogP contribution in [0.2, 0.25) is 0 Å². The maximum Gasteiger partial charge on any atom is 0.233 e. The van der Waals surface area contributed by atoms with E-state index in [0.29, 0.717) is 29.5 Å². The summed E-state index contributed by atoms with van der Waals surface area (Å²) in [7, 11) is 0. The molecule has 0 fully saturated rings. The first-order valence-electron chi connectivity index (χ1n) is 8.99. The quantitative estimate of drug-likeness (QED) is 0.449. The van der Waals surface area contributed by atoms with Crippen LogP contribution in [0.15, 0.2) is 59.8 Å². The first kappa shape index (κ1) is 19.9. The van der Waals surface area contributed by atoms with E-state index in [1.165, 1.54) is 22.5 Å². The van der Waals surface area contributed by atoms with Crippen molar-refractivity contribution in [2.75, 3.05) is 5.84 Å². The molecule has 1 unspecified atom stereocenters. The molecule has 1 atom stereocenters. The third-order valence-electron chi connectivity index (χ3n) is 4.26. The van der Waals surface area contributed by atoms with Gasteiger partial charge in [0.15, 0.2) is 5.82 Å². The standard InChI is InChI=1S/C20H22FN5OS/c1-2-17(19(27)23-13-14-8-4-3-5-9-14)28-20-25-24-18(26(20)22)12-15-10-6-7-11-16(15)21/h3-11,17H,2,12-13,22H2,1H3,(H,23,27). The van der Waals surface area contributed by atoms with Crippen molar-refractivity contribution in [2.24, 2.45) is 0 Å². The number of nitrogens with two attached hydrogens (primary N) is 1. The number of carbonyl (C=O) groups is 1. The van der Waals surface area contributed by atoms with E-state index in [2.05, 4.69) is 15.5 Å². The first-order valence-corrected chi connectivity index (χ1v) is 9.87. The molecule has 0 bridgehead atoms. The van der Waals surface area contributed by atoms with Crippen LogP contribution < -0.4 is 11.2 Å². The molecule has 6 nitrogen and oxygen atoms in total. The van der Waals surface area contributed by atoms with Crippen molar-refractivity contribution in [3.63, 3.8) is 0 Å². The topological polar surface area (TPSA) is 85.8 Å². The molecule has 3 aromatic rings. The largest absolute Gasteiger partial charge is 0.351 e. The van der Waals surface area contributed by atoms with Crippen LogP contribution in [-0.2, 0) is 17.8 Å². The predicted molar refractivity (Wildman–Crippen MR) is 108 cm³/mol. The minimum absolute atomic E-state index is 0.0880. The third kappa shape index (κ3) is 4.89. The Hall–Kier alpha value is -2.87. The summed E-state index contributed by atoms with van der Waals surface area (Å²) in [5.41, 5.74) is 1.52. The number of thioether (sulfide) groups is 1. The van der Waals surface area contributed by atoms with E-state index < -0.39 is 0 Å². The van der Waals surface area contributed by atoms with Crippen LogP contribution in [0.1, 0.15) is 30.3 Å². The molecule has 1 heterocycles. The summed E-state index contributed by atoms with van der Waals surface area (Å²) >= 11 is 1.25. The molecular formula is C20H22FN5OS. The van der Waals surface area contributed by atoms with Crippen molar-refractivity contribution in [2.45, 2.75) is 36.7 Å². The molecular weight excluding hydrogens is 377 g/mol. The van der Waals surface area contributed by atoms with Gasteiger partial charge < -0.3 is 11.2 Å². The molecule has 0 aliphatic carbocycles. The molecule has 0 saturated carbocycles. The Balaban J connectivity index is 1.64. The molecule has 8 heteroatoms. The number of amides is 1. The van der Waals surface area contributed by atoms with Gasteiger partial charge >= 0.3 is 0 Å². The number of nitrogens with zero attached hydrogens (tertiary/aromatic N) is 3. The summed E-state index contributed by atoms with van der Waals surface area (Å²) in [6.07, 6.45) is 0.842. The molecule has 0 spiro atoms. The molecule has 0 aliphatic rings. The van der Waals surface area contributed by atoms with Gasteiger partial charge in [-0.3, -0.25) is 4.79 Å². The van der Waals surface area contributed by atoms with Gasteiger partial charge in [-0.15, -0.1) is 10.2 Å². The number of halogens is 1. The van der Waals surface area contributed by atoms with E-state index in [4.69, 9.17) is 5.84 Å². The Morgan fingerprint density at radius 2 is 1.89 bits per heavy atom. The van der Waals surface area contributed by atoms with Gasteiger partial charge in [0.25, 0.3) is 0 Å². The van der Waals surface area contributed by atoms with E-state index in [1.807, 2.05) is 37.3 Å². The highest BCUT2D eigenvalue weighted by Crippen LogP contribution is 2.24. The molecule has 0 radical (unpaired) electrons. The van der Waals surface area contributed by atoms with Crippen molar-refractivity contribution in [1.82, 2.24) is 20.2 Å². The van der Waals surface area contributed by atoms with E-state index in [9.17, 15) is 9.18 Å². The number of nitrogens with one attached hydrogen (secondary N) is 1. The maximum absolute atomic E-state index is 13.9. The van der Waals surface area contributed by atoms with E-state index >= 15 is 0 Å². The van der Waals surface area contributed by atoms with Crippen LogP contribution in [0.5, 0.6) is 0 Å². The lowest BCUT2D eigenvalue weighted by atomic mass is 10.1. The molecule has 3 N–H and O–H groups in total. The maximum atomic E-state index is 13.9. The Bertz CT molecular complexity index is 931. The normalized spacial score (nSPS) is 11.9. The smallest absolute Gasteiger partial charge is 0.233 e. The molecule has 1 aromatic heterocycles. The van der Waals surface area contributed by atoms with Crippen molar-refractivity contribution >= 4 is 17.7 Å². The number of hydrogen-bond acceptors (Lipinski definition) is 5. The Morgan fingerprint density at radius 3 is 2.61 bits per heavy atom. The number of hydrogen-bond donors (Lipinski definition) is 2. The third-order valence-corrected chi connectivity index (χ3v) is 5.58. The molecule has 28 heavy (non-hydrogen) atoms. The van der Waals surface area contributed by atoms with Gasteiger partial charge in [-0.05, 0) is 23.6 Å². The number of carbonyl (C=O) groups excluding carboxylic acids is 1. The minimum atomic E-state index is -0.350. The fourth-order valence-electron chi connectivity index (χ4n) is 2.67. The summed E-state index contributed by atoms with van der Waals surface area (Å²) in [5, 5.41) is 11.1. The van der Waals surface area contributed by atoms with Crippen molar-refractivity contribution in [3.05, 3.63) is 77.4 Å². The zero-order valence-electron chi connectivity index (χ0n) is 15.5. The lowest BCUT2D eigenvalue weighted by molar-refractivity contribution is -0.120. The van der Waals surface area contributed by atoms with E-state index in [0.717, 1.165) is 5.56 Å². The molecule has 0 aliphatic heterocycles. The van der Waals surface area contributed by atoms with E-state index in [-0.39, 0.29) is 23.4 Å². The zero-order chi connectivity index (χ0) is 19.9. The van der Waals surface area contributed by atoms with Crippen LogP contribution in [0.3, 0.4) is 0 Å². The average Bonchev–Trinajstić information content (AvgIpc) is 3.06. The SMILES string of the molecule is CCC(Sc1nnc(Cc2ccccc2F)n1N)C(=O)NCc1ccccc1. The van der Waals surface area contributed by atoms with Crippen LogP contribution in [0.25, 0.3) is 0 Å². The van der Waals surface area contributed by atoms with Crippen molar-refractivity contribution in [1.29, 1.82) is 0 Å². The summed E-state index contributed by atoms with van der Waals surface area (Å²) < 4.78 is 15.2. The highest BCUT2D eigenvalue weighted by atomic mass is 32.2. The van der Waals surface area contributed by atoms with Gasteiger partial charge in [0.05, 0.1) is 5.25 Å². The Kier molecular flexibility index (Phi) is 6.65. The highest BCUT2D eigenvalue weighted by molar-refractivity contribution is 8.00. The second kappa shape index (κ2) is 9.36. The zero-order valence-corrected chi connectivity index (χ0v) is 16.3. The average molecular weight is 399 g/mol. The van der Waals surface area contributed by atoms with Crippen LogP contribution >= 0.6 is 11.8 Å². The van der Waals surface area contributed by atoms with Gasteiger partial charge in [-0.25, -0.2) is 9.07 Å². The Labute approximate surface area is 167 Å². The van der Waals surface area contributed by atoms with Gasteiger partial charge in [0.2, 0.25) is 11.1 Å². The molecule has 2 aromatic carbocycles. The molecule has 146 valence electrons. The van der Waals surface area contributed by atoms with Crippen LogP contribution in [-0.4, -0.2) is 26.0 Å².